The summed E-state index contributed by atoms with van der Waals surface area (Å²) in [5.74, 6) is 0.215. The molecule has 0 amide bonds. The molecule has 0 saturated heterocycles. The predicted octanol–water partition coefficient (Wildman–Crippen LogP) is 1.42. The molecule has 0 fully saturated rings. The van der Waals surface area contributed by atoms with Gasteiger partial charge in [-0.05, 0) is 18.4 Å². The SMILES string of the molecule is O=C1c2ccccc2CC1CCO. The van der Waals surface area contributed by atoms with Crippen LogP contribution in [0.5, 0.6) is 0 Å². The molecule has 1 aliphatic rings. The van der Waals surface area contributed by atoms with Crippen LogP contribution in [0.3, 0.4) is 0 Å². The predicted molar refractivity (Wildman–Crippen MR) is 49.7 cm³/mol. The number of ketones is 1. The van der Waals surface area contributed by atoms with E-state index in [2.05, 4.69) is 0 Å². The van der Waals surface area contributed by atoms with Crippen LogP contribution in [0.1, 0.15) is 22.3 Å². The maximum Gasteiger partial charge on any atom is 0.166 e. The minimum absolute atomic E-state index is 0.0161. The van der Waals surface area contributed by atoms with Crippen molar-refractivity contribution in [3.8, 4) is 0 Å². The molecule has 1 N–H and O–H groups in total. The van der Waals surface area contributed by atoms with Crippen molar-refractivity contribution in [3.05, 3.63) is 35.4 Å². The van der Waals surface area contributed by atoms with E-state index in [1.165, 1.54) is 0 Å². The third kappa shape index (κ3) is 1.38. The van der Waals surface area contributed by atoms with Gasteiger partial charge in [0.15, 0.2) is 5.78 Å². The summed E-state index contributed by atoms with van der Waals surface area (Å²) in [6.45, 7) is 0.102. The van der Waals surface area contributed by atoms with Crippen LogP contribution in [-0.4, -0.2) is 17.5 Å². The first kappa shape index (κ1) is 8.45. The van der Waals surface area contributed by atoms with Crippen LogP contribution < -0.4 is 0 Å². The molecule has 68 valence electrons. The summed E-state index contributed by atoms with van der Waals surface area (Å²) in [4.78, 5) is 11.7. The van der Waals surface area contributed by atoms with Crippen molar-refractivity contribution in [3.63, 3.8) is 0 Å². The molecule has 0 heterocycles. The molecule has 2 nitrogen and oxygen atoms in total. The topological polar surface area (TPSA) is 37.3 Å². The van der Waals surface area contributed by atoms with E-state index < -0.39 is 0 Å². The fraction of sp³-hybridized carbons (Fsp3) is 0.364. The summed E-state index contributed by atoms with van der Waals surface area (Å²) >= 11 is 0. The van der Waals surface area contributed by atoms with Gasteiger partial charge in [-0.3, -0.25) is 4.79 Å². The number of benzene rings is 1. The minimum Gasteiger partial charge on any atom is -0.396 e. The standard InChI is InChI=1S/C11H12O2/c12-6-5-9-7-8-3-1-2-4-10(8)11(9)13/h1-4,9,12H,5-7H2. The number of rotatable bonds is 2. The van der Waals surface area contributed by atoms with Gasteiger partial charge in [0.2, 0.25) is 0 Å². The molecule has 2 heteroatoms. The second kappa shape index (κ2) is 3.30. The molecular formula is C11H12O2. The van der Waals surface area contributed by atoms with E-state index in [1.807, 2.05) is 24.3 Å². The molecule has 1 aliphatic carbocycles. The maximum absolute atomic E-state index is 11.7. The molecule has 0 bridgehead atoms. The summed E-state index contributed by atoms with van der Waals surface area (Å²) in [5, 5.41) is 8.77. The van der Waals surface area contributed by atoms with Crippen molar-refractivity contribution in [2.75, 3.05) is 6.61 Å². The van der Waals surface area contributed by atoms with Gasteiger partial charge in [-0.1, -0.05) is 24.3 Å². The van der Waals surface area contributed by atoms with Gasteiger partial charge in [0.1, 0.15) is 0 Å². The van der Waals surface area contributed by atoms with Crippen LogP contribution >= 0.6 is 0 Å². The van der Waals surface area contributed by atoms with Crippen LogP contribution in [0.15, 0.2) is 24.3 Å². The monoisotopic (exact) mass is 176 g/mol. The number of fused-ring (bicyclic) bond motifs is 1. The van der Waals surface area contributed by atoms with E-state index in [0.29, 0.717) is 6.42 Å². The first-order valence-corrected chi connectivity index (χ1v) is 4.56. The average Bonchev–Trinajstić information content (AvgIpc) is 2.46. The Balaban J connectivity index is 2.28. The third-order valence-electron chi connectivity index (χ3n) is 2.60. The molecule has 2 rings (SSSR count). The summed E-state index contributed by atoms with van der Waals surface area (Å²) in [7, 11) is 0. The Morgan fingerprint density at radius 3 is 2.85 bits per heavy atom. The quantitative estimate of drug-likeness (QED) is 0.740. The van der Waals surface area contributed by atoms with Crippen molar-refractivity contribution in [2.45, 2.75) is 12.8 Å². The highest BCUT2D eigenvalue weighted by Crippen LogP contribution is 2.28. The van der Waals surface area contributed by atoms with Crippen LogP contribution in [0.2, 0.25) is 0 Å². The molecule has 1 aromatic carbocycles. The number of Topliss-reactive ketones (excluding diaryl/α,β-unsaturated/α-hetero) is 1. The lowest BCUT2D eigenvalue weighted by Crippen LogP contribution is -2.10. The molecule has 0 aliphatic heterocycles. The number of carbonyl (C=O) groups excluding carboxylic acids is 1. The Labute approximate surface area is 77.2 Å². The summed E-state index contributed by atoms with van der Waals surface area (Å²) < 4.78 is 0. The number of hydrogen-bond acceptors (Lipinski definition) is 2. The summed E-state index contributed by atoms with van der Waals surface area (Å²) in [6.07, 6.45) is 1.39. The zero-order valence-electron chi connectivity index (χ0n) is 7.36. The largest absolute Gasteiger partial charge is 0.396 e. The van der Waals surface area contributed by atoms with Crippen molar-refractivity contribution in [2.24, 2.45) is 5.92 Å². The average molecular weight is 176 g/mol. The van der Waals surface area contributed by atoms with Gasteiger partial charge in [-0.25, -0.2) is 0 Å². The van der Waals surface area contributed by atoms with Gasteiger partial charge in [0, 0.05) is 18.1 Å². The Morgan fingerprint density at radius 1 is 1.38 bits per heavy atom. The molecule has 1 aromatic rings. The second-order valence-corrected chi connectivity index (χ2v) is 3.43. The fourth-order valence-corrected chi connectivity index (χ4v) is 1.91. The lowest BCUT2D eigenvalue weighted by Gasteiger charge is -2.02. The van der Waals surface area contributed by atoms with E-state index in [9.17, 15) is 4.79 Å². The number of carbonyl (C=O) groups is 1. The normalized spacial score (nSPS) is 20.4. The second-order valence-electron chi connectivity index (χ2n) is 3.43. The van der Waals surface area contributed by atoms with E-state index in [0.717, 1.165) is 17.5 Å². The van der Waals surface area contributed by atoms with E-state index in [4.69, 9.17) is 5.11 Å². The highest BCUT2D eigenvalue weighted by atomic mass is 16.3. The van der Waals surface area contributed by atoms with Crippen LogP contribution in [0.4, 0.5) is 0 Å². The van der Waals surface area contributed by atoms with E-state index in [1.54, 1.807) is 0 Å². The van der Waals surface area contributed by atoms with E-state index in [-0.39, 0.29) is 18.3 Å². The summed E-state index contributed by atoms with van der Waals surface area (Å²) in [6, 6.07) is 7.70. The minimum atomic E-state index is 0.0161. The molecule has 0 saturated carbocycles. The number of hydrogen-bond donors (Lipinski definition) is 1. The van der Waals surface area contributed by atoms with Crippen LogP contribution in [0, 0.1) is 5.92 Å². The molecular weight excluding hydrogens is 164 g/mol. The van der Waals surface area contributed by atoms with Gasteiger partial charge >= 0.3 is 0 Å². The number of aliphatic hydroxyl groups is 1. The van der Waals surface area contributed by atoms with Crippen LogP contribution in [0.25, 0.3) is 0 Å². The highest BCUT2D eigenvalue weighted by Gasteiger charge is 2.28. The van der Waals surface area contributed by atoms with Gasteiger partial charge in [-0.2, -0.15) is 0 Å². The van der Waals surface area contributed by atoms with Crippen molar-refractivity contribution in [1.82, 2.24) is 0 Å². The van der Waals surface area contributed by atoms with Gasteiger partial charge < -0.3 is 5.11 Å². The van der Waals surface area contributed by atoms with Crippen molar-refractivity contribution < 1.29 is 9.90 Å². The lowest BCUT2D eigenvalue weighted by molar-refractivity contribution is 0.0914. The Bertz CT molecular complexity index is 331. The fourth-order valence-electron chi connectivity index (χ4n) is 1.91. The zero-order valence-corrected chi connectivity index (χ0v) is 7.36. The molecule has 1 atom stereocenters. The zero-order chi connectivity index (χ0) is 9.26. The van der Waals surface area contributed by atoms with Gasteiger partial charge in [0.05, 0.1) is 0 Å². The number of aliphatic hydroxyl groups excluding tert-OH is 1. The van der Waals surface area contributed by atoms with Gasteiger partial charge in [-0.15, -0.1) is 0 Å². The molecule has 0 spiro atoms. The lowest BCUT2D eigenvalue weighted by atomic mass is 10.0. The smallest absolute Gasteiger partial charge is 0.166 e. The van der Waals surface area contributed by atoms with Crippen molar-refractivity contribution >= 4 is 5.78 Å². The molecule has 1 unspecified atom stereocenters. The van der Waals surface area contributed by atoms with Crippen molar-refractivity contribution in [1.29, 1.82) is 0 Å². The van der Waals surface area contributed by atoms with Crippen LogP contribution in [-0.2, 0) is 6.42 Å². The molecule has 0 radical (unpaired) electrons. The van der Waals surface area contributed by atoms with Gasteiger partial charge in [0.25, 0.3) is 0 Å². The maximum atomic E-state index is 11.7. The van der Waals surface area contributed by atoms with E-state index >= 15 is 0 Å². The highest BCUT2D eigenvalue weighted by molar-refractivity contribution is 6.02. The molecule has 0 aromatic heterocycles. The first-order chi connectivity index (χ1) is 6.33. The Kier molecular flexibility index (Phi) is 2.15. The summed E-state index contributed by atoms with van der Waals surface area (Å²) in [5.41, 5.74) is 1.98. The third-order valence-corrected chi connectivity index (χ3v) is 2.60. The Hall–Kier alpha value is -1.15. The Morgan fingerprint density at radius 2 is 2.15 bits per heavy atom. The molecule has 13 heavy (non-hydrogen) atoms. The first-order valence-electron chi connectivity index (χ1n) is 4.56.